The van der Waals surface area contributed by atoms with Gasteiger partial charge in [0, 0.05) is 13.1 Å². The molecule has 0 radical (unpaired) electrons. The van der Waals surface area contributed by atoms with Crippen LogP contribution in [0.3, 0.4) is 0 Å². The monoisotopic (exact) mass is 448 g/mol. The standard InChI is InChI=1S/C20H18F6N2O3/c1-18(19(21,22)23,20(24,25)26)27-17(29)28(10-13-5-3-2-4-6-13)11-14-7-8-15-16(9-14)31-12-30-15/h2-9H,10-12H2,1H3,(H,27,29). The van der Waals surface area contributed by atoms with Crippen molar-refractivity contribution in [1.29, 1.82) is 0 Å². The second-order valence-corrected chi connectivity index (χ2v) is 7.08. The molecule has 1 aliphatic heterocycles. The van der Waals surface area contributed by atoms with Crippen LogP contribution in [0.1, 0.15) is 18.1 Å². The van der Waals surface area contributed by atoms with Gasteiger partial charge in [-0.25, -0.2) is 4.79 Å². The highest BCUT2D eigenvalue weighted by molar-refractivity contribution is 5.75. The first kappa shape index (κ1) is 22.6. The summed E-state index contributed by atoms with van der Waals surface area (Å²) in [6, 6.07) is 11.3. The van der Waals surface area contributed by atoms with Crippen LogP contribution in [0.4, 0.5) is 31.1 Å². The number of amides is 2. The lowest BCUT2D eigenvalue weighted by atomic mass is 10.0. The number of ether oxygens (including phenoxy) is 2. The van der Waals surface area contributed by atoms with Gasteiger partial charge >= 0.3 is 18.4 Å². The Balaban J connectivity index is 1.89. The molecular formula is C20H18F6N2O3. The van der Waals surface area contributed by atoms with E-state index < -0.39 is 23.9 Å². The molecule has 0 atom stereocenters. The van der Waals surface area contributed by atoms with Crippen LogP contribution in [0.2, 0.25) is 0 Å². The summed E-state index contributed by atoms with van der Waals surface area (Å²) in [4.78, 5) is 13.5. The lowest BCUT2D eigenvalue weighted by molar-refractivity contribution is -0.298. The lowest BCUT2D eigenvalue weighted by Gasteiger charge is -2.36. The molecule has 1 aliphatic rings. The van der Waals surface area contributed by atoms with E-state index in [1.54, 1.807) is 42.5 Å². The van der Waals surface area contributed by atoms with Gasteiger partial charge in [0.05, 0.1) is 0 Å². The summed E-state index contributed by atoms with van der Waals surface area (Å²) in [5.74, 6) is 0.817. The van der Waals surface area contributed by atoms with Gasteiger partial charge in [-0.05, 0) is 30.2 Å². The first-order valence-corrected chi connectivity index (χ1v) is 9.04. The largest absolute Gasteiger partial charge is 0.454 e. The molecular weight excluding hydrogens is 430 g/mol. The number of rotatable bonds is 5. The van der Waals surface area contributed by atoms with Crippen molar-refractivity contribution < 1.29 is 40.6 Å². The first-order chi connectivity index (χ1) is 14.4. The van der Waals surface area contributed by atoms with Crippen molar-refractivity contribution in [3.63, 3.8) is 0 Å². The van der Waals surface area contributed by atoms with Crippen LogP contribution in [0, 0.1) is 0 Å². The van der Waals surface area contributed by atoms with Crippen LogP contribution in [0.15, 0.2) is 48.5 Å². The number of hydrogen-bond donors (Lipinski definition) is 1. The van der Waals surface area contributed by atoms with Crippen LogP contribution in [-0.2, 0) is 13.1 Å². The highest BCUT2D eigenvalue weighted by Crippen LogP contribution is 2.43. The Labute approximate surface area is 173 Å². The van der Waals surface area contributed by atoms with Gasteiger partial charge in [-0.15, -0.1) is 0 Å². The van der Waals surface area contributed by atoms with Crippen molar-refractivity contribution >= 4 is 6.03 Å². The molecule has 5 nitrogen and oxygen atoms in total. The fourth-order valence-electron chi connectivity index (χ4n) is 2.86. The molecule has 0 saturated heterocycles. The molecule has 1 heterocycles. The quantitative estimate of drug-likeness (QED) is 0.655. The van der Waals surface area contributed by atoms with E-state index in [0.717, 1.165) is 10.2 Å². The Morgan fingerprint density at radius 1 is 0.903 bits per heavy atom. The number of fused-ring (bicyclic) bond motifs is 1. The summed E-state index contributed by atoms with van der Waals surface area (Å²) in [5.41, 5.74) is -3.45. The van der Waals surface area contributed by atoms with Gasteiger partial charge in [-0.1, -0.05) is 36.4 Å². The van der Waals surface area contributed by atoms with E-state index in [1.165, 1.54) is 6.07 Å². The predicted molar refractivity (Wildman–Crippen MR) is 97.3 cm³/mol. The smallest absolute Gasteiger partial charge is 0.420 e. The third-order valence-electron chi connectivity index (χ3n) is 4.80. The van der Waals surface area contributed by atoms with E-state index >= 15 is 0 Å². The zero-order valence-corrected chi connectivity index (χ0v) is 16.2. The fraction of sp³-hybridized carbons (Fsp3) is 0.350. The van der Waals surface area contributed by atoms with Crippen LogP contribution in [0.5, 0.6) is 11.5 Å². The number of carbonyl (C=O) groups is 1. The number of halogens is 6. The maximum absolute atomic E-state index is 13.2. The maximum Gasteiger partial charge on any atom is 0.420 e. The minimum atomic E-state index is -5.75. The van der Waals surface area contributed by atoms with Gasteiger partial charge in [0.15, 0.2) is 11.5 Å². The van der Waals surface area contributed by atoms with Crippen molar-refractivity contribution in [2.24, 2.45) is 0 Å². The molecule has 0 fully saturated rings. The molecule has 0 unspecified atom stereocenters. The van der Waals surface area contributed by atoms with Crippen LogP contribution in [-0.4, -0.2) is 35.6 Å². The molecule has 2 amide bonds. The summed E-state index contributed by atoms with van der Waals surface area (Å²) in [6.07, 6.45) is -11.5. The van der Waals surface area contributed by atoms with Gasteiger partial charge in [0.1, 0.15) is 0 Å². The second-order valence-electron chi connectivity index (χ2n) is 7.08. The van der Waals surface area contributed by atoms with Crippen molar-refractivity contribution in [3.05, 3.63) is 59.7 Å². The topological polar surface area (TPSA) is 50.8 Å². The molecule has 31 heavy (non-hydrogen) atoms. The number of urea groups is 1. The highest BCUT2D eigenvalue weighted by atomic mass is 19.4. The number of benzene rings is 2. The van der Waals surface area contributed by atoms with Gasteiger partial charge in [0.25, 0.3) is 0 Å². The summed E-state index contributed by atoms with van der Waals surface area (Å²) in [6.45, 7) is -0.592. The Morgan fingerprint density at radius 3 is 2.10 bits per heavy atom. The highest BCUT2D eigenvalue weighted by Gasteiger charge is 2.68. The molecule has 0 spiro atoms. The molecule has 0 aliphatic carbocycles. The zero-order valence-electron chi connectivity index (χ0n) is 16.2. The van der Waals surface area contributed by atoms with E-state index in [1.807, 2.05) is 0 Å². The van der Waals surface area contributed by atoms with E-state index in [-0.39, 0.29) is 26.8 Å². The SMILES string of the molecule is CC(NC(=O)N(Cc1ccccc1)Cc1ccc2c(c1)OCO2)(C(F)(F)F)C(F)(F)F. The number of nitrogens with zero attached hydrogens (tertiary/aromatic N) is 1. The summed E-state index contributed by atoms with van der Waals surface area (Å²) in [5, 5.41) is 1.15. The summed E-state index contributed by atoms with van der Waals surface area (Å²) < 4.78 is 89.9. The number of hydrogen-bond acceptors (Lipinski definition) is 3. The van der Waals surface area contributed by atoms with E-state index in [0.29, 0.717) is 22.6 Å². The second kappa shape index (κ2) is 8.20. The average molecular weight is 448 g/mol. The Hall–Kier alpha value is -3.11. The Kier molecular flexibility index (Phi) is 5.97. The predicted octanol–water partition coefficient (Wildman–Crippen LogP) is 5.01. The molecule has 3 rings (SSSR count). The maximum atomic E-state index is 13.2. The number of carbonyl (C=O) groups excluding carboxylic acids is 1. The Bertz CT molecular complexity index is 917. The van der Waals surface area contributed by atoms with Crippen molar-refractivity contribution in [2.45, 2.75) is 37.9 Å². The first-order valence-electron chi connectivity index (χ1n) is 9.04. The number of nitrogens with one attached hydrogen (secondary N) is 1. The van der Waals surface area contributed by atoms with Crippen molar-refractivity contribution in [3.8, 4) is 11.5 Å². The van der Waals surface area contributed by atoms with Gasteiger partial charge < -0.3 is 19.7 Å². The normalized spacial score (nSPS) is 13.8. The molecule has 168 valence electrons. The van der Waals surface area contributed by atoms with E-state index in [9.17, 15) is 31.1 Å². The fourth-order valence-corrected chi connectivity index (χ4v) is 2.86. The Morgan fingerprint density at radius 2 is 1.48 bits per heavy atom. The molecule has 11 heteroatoms. The average Bonchev–Trinajstić information content (AvgIpc) is 3.14. The zero-order chi connectivity index (χ0) is 22.9. The van der Waals surface area contributed by atoms with E-state index in [4.69, 9.17) is 9.47 Å². The van der Waals surface area contributed by atoms with Gasteiger partial charge in [-0.2, -0.15) is 26.3 Å². The summed E-state index contributed by atoms with van der Waals surface area (Å²) >= 11 is 0. The molecule has 2 aromatic rings. The van der Waals surface area contributed by atoms with Crippen molar-refractivity contribution in [2.75, 3.05) is 6.79 Å². The number of alkyl halides is 6. The molecule has 0 aromatic heterocycles. The minimum absolute atomic E-state index is 0.0114. The summed E-state index contributed by atoms with van der Waals surface area (Å²) in [7, 11) is 0. The van der Waals surface area contributed by atoms with E-state index in [2.05, 4.69) is 0 Å². The van der Waals surface area contributed by atoms with Crippen LogP contribution in [0.25, 0.3) is 0 Å². The van der Waals surface area contributed by atoms with Gasteiger partial charge in [-0.3, -0.25) is 0 Å². The molecule has 0 saturated carbocycles. The third-order valence-corrected chi connectivity index (χ3v) is 4.80. The molecule has 1 N–H and O–H groups in total. The van der Waals surface area contributed by atoms with Crippen LogP contribution < -0.4 is 14.8 Å². The van der Waals surface area contributed by atoms with Crippen LogP contribution >= 0.6 is 0 Å². The molecule has 0 bridgehead atoms. The van der Waals surface area contributed by atoms with Crippen molar-refractivity contribution in [1.82, 2.24) is 10.2 Å². The molecule has 2 aromatic carbocycles. The third kappa shape index (κ3) is 4.80. The lowest BCUT2D eigenvalue weighted by Crippen LogP contribution is -2.67. The van der Waals surface area contributed by atoms with Gasteiger partial charge in [0.2, 0.25) is 12.3 Å². The minimum Gasteiger partial charge on any atom is -0.454 e.